The molecule has 0 aromatic heterocycles. The van der Waals surface area contributed by atoms with E-state index in [1.165, 1.54) is 12.8 Å². The van der Waals surface area contributed by atoms with Crippen LogP contribution >= 0.6 is 0 Å². The quantitative estimate of drug-likeness (QED) is 0.774. The van der Waals surface area contributed by atoms with Gasteiger partial charge in [-0.25, -0.2) is 0 Å². The molecule has 0 atom stereocenters. The maximum atomic E-state index is 12.1. The second-order valence-corrected chi connectivity index (χ2v) is 6.60. The lowest BCUT2D eigenvalue weighted by atomic mass is 9.89. The van der Waals surface area contributed by atoms with E-state index in [2.05, 4.69) is 5.32 Å². The van der Waals surface area contributed by atoms with Gasteiger partial charge >= 0.3 is 0 Å². The van der Waals surface area contributed by atoms with Crippen LogP contribution in [0.5, 0.6) is 5.75 Å². The molecule has 4 heteroatoms. The number of amides is 1. The Morgan fingerprint density at radius 1 is 1.33 bits per heavy atom. The van der Waals surface area contributed by atoms with E-state index in [0.717, 1.165) is 18.3 Å². The molecule has 1 aromatic carbocycles. The molecule has 1 aromatic rings. The molecular weight excluding hydrogens is 266 g/mol. The van der Waals surface area contributed by atoms with E-state index in [4.69, 9.17) is 9.84 Å². The highest BCUT2D eigenvalue weighted by atomic mass is 16.5. The molecule has 0 unspecified atom stereocenters. The SMILES string of the molecule is CC(C)(CCO)CNC(=O)c1ccc(OCC2CC2)cc1. The van der Waals surface area contributed by atoms with Gasteiger partial charge < -0.3 is 15.2 Å². The summed E-state index contributed by atoms with van der Waals surface area (Å²) in [6, 6.07) is 7.26. The van der Waals surface area contributed by atoms with Gasteiger partial charge in [0.25, 0.3) is 5.91 Å². The fraction of sp³-hybridized carbons (Fsp3) is 0.588. The first-order valence-corrected chi connectivity index (χ1v) is 7.62. The van der Waals surface area contributed by atoms with Crippen LogP contribution in [0.4, 0.5) is 0 Å². The Morgan fingerprint density at radius 3 is 2.57 bits per heavy atom. The summed E-state index contributed by atoms with van der Waals surface area (Å²) < 4.78 is 5.65. The maximum absolute atomic E-state index is 12.1. The highest BCUT2D eigenvalue weighted by Gasteiger charge is 2.22. The average molecular weight is 291 g/mol. The van der Waals surface area contributed by atoms with Gasteiger partial charge in [-0.2, -0.15) is 0 Å². The summed E-state index contributed by atoms with van der Waals surface area (Å²) in [6.07, 6.45) is 3.20. The number of benzene rings is 1. The topological polar surface area (TPSA) is 58.6 Å². The molecule has 4 nitrogen and oxygen atoms in total. The van der Waals surface area contributed by atoms with Crippen molar-refractivity contribution in [1.82, 2.24) is 5.32 Å². The Hall–Kier alpha value is -1.55. The number of rotatable bonds is 8. The first-order chi connectivity index (χ1) is 10.00. The highest BCUT2D eigenvalue weighted by molar-refractivity contribution is 5.94. The van der Waals surface area contributed by atoms with E-state index < -0.39 is 0 Å². The van der Waals surface area contributed by atoms with Gasteiger partial charge in [0.05, 0.1) is 6.61 Å². The summed E-state index contributed by atoms with van der Waals surface area (Å²) in [6.45, 7) is 5.51. The number of aliphatic hydroxyl groups excluding tert-OH is 1. The molecule has 0 radical (unpaired) electrons. The Bertz CT molecular complexity index is 463. The van der Waals surface area contributed by atoms with Gasteiger partial charge in [-0.15, -0.1) is 0 Å². The smallest absolute Gasteiger partial charge is 0.251 e. The molecule has 1 aliphatic rings. The molecule has 1 aliphatic carbocycles. The van der Waals surface area contributed by atoms with Gasteiger partial charge in [-0.1, -0.05) is 13.8 Å². The molecule has 21 heavy (non-hydrogen) atoms. The van der Waals surface area contributed by atoms with Crippen LogP contribution < -0.4 is 10.1 Å². The number of aliphatic hydroxyl groups is 1. The van der Waals surface area contributed by atoms with Crippen molar-refractivity contribution in [2.24, 2.45) is 11.3 Å². The molecule has 116 valence electrons. The summed E-state index contributed by atoms with van der Waals surface area (Å²) in [4.78, 5) is 12.1. The van der Waals surface area contributed by atoms with Gasteiger partial charge in [0.15, 0.2) is 0 Å². The molecule has 0 aliphatic heterocycles. The summed E-state index contributed by atoms with van der Waals surface area (Å²) >= 11 is 0. The fourth-order valence-electron chi connectivity index (χ4n) is 2.01. The van der Waals surface area contributed by atoms with Gasteiger partial charge in [-0.3, -0.25) is 4.79 Å². The van der Waals surface area contributed by atoms with Crippen molar-refractivity contribution in [2.75, 3.05) is 19.8 Å². The summed E-state index contributed by atoms with van der Waals surface area (Å²) in [7, 11) is 0. The van der Waals surface area contributed by atoms with E-state index in [-0.39, 0.29) is 17.9 Å². The van der Waals surface area contributed by atoms with Crippen LogP contribution in [0, 0.1) is 11.3 Å². The Labute approximate surface area is 126 Å². The lowest BCUT2D eigenvalue weighted by Gasteiger charge is -2.23. The summed E-state index contributed by atoms with van der Waals surface area (Å²) in [5, 5.41) is 11.9. The fourth-order valence-corrected chi connectivity index (χ4v) is 2.01. The monoisotopic (exact) mass is 291 g/mol. The maximum Gasteiger partial charge on any atom is 0.251 e. The van der Waals surface area contributed by atoms with E-state index in [0.29, 0.717) is 18.5 Å². The summed E-state index contributed by atoms with van der Waals surface area (Å²) in [5.41, 5.74) is 0.533. The van der Waals surface area contributed by atoms with Crippen molar-refractivity contribution < 1.29 is 14.6 Å². The largest absolute Gasteiger partial charge is 0.493 e. The van der Waals surface area contributed by atoms with Crippen molar-refractivity contribution in [3.8, 4) is 5.75 Å². The van der Waals surface area contributed by atoms with Crippen LogP contribution in [0.15, 0.2) is 24.3 Å². The van der Waals surface area contributed by atoms with Gasteiger partial charge in [0.2, 0.25) is 0 Å². The first-order valence-electron chi connectivity index (χ1n) is 7.62. The zero-order valence-corrected chi connectivity index (χ0v) is 12.9. The standard InChI is InChI=1S/C17H25NO3/c1-17(2,9-10-19)12-18-16(20)14-5-7-15(8-6-14)21-11-13-3-4-13/h5-8,13,19H,3-4,9-12H2,1-2H3,(H,18,20). The third-order valence-corrected chi connectivity index (χ3v) is 3.82. The zero-order chi connectivity index (χ0) is 15.3. The number of nitrogens with one attached hydrogen (secondary N) is 1. The number of carbonyl (C=O) groups excluding carboxylic acids is 1. The zero-order valence-electron chi connectivity index (χ0n) is 12.9. The molecule has 0 spiro atoms. The minimum Gasteiger partial charge on any atom is -0.493 e. The molecule has 1 amide bonds. The summed E-state index contributed by atoms with van der Waals surface area (Å²) in [5.74, 6) is 1.45. The normalized spacial score (nSPS) is 14.8. The third kappa shape index (κ3) is 5.38. The third-order valence-electron chi connectivity index (χ3n) is 3.82. The van der Waals surface area contributed by atoms with Crippen LogP contribution in [0.2, 0.25) is 0 Å². The second kappa shape index (κ2) is 6.94. The lowest BCUT2D eigenvalue weighted by Crippen LogP contribution is -2.34. The van der Waals surface area contributed by atoms with Crippen molar-refractivity contribution >= 4 is 5.91 Å². The number of carbonyl (C=O) groups is 1. The van der Waals surface area contributed by atoms with Crippen molar-refractivity contribution in [3.63, 3.8) is 0 Å². The van der Waals surface area contributed by atoms with Crippen molar-refractivity contribution in [3.05, 3.63) is 29.8 Å². The van der Waals surface area contributed by atoms with E-state index >= 15 is 0 Å². The van der Waals surface area contributed by atoms with Gasteiger partial charge in [0.1, 0.15) is 5.75 Å². The first kappa shape index (κ1) is 15.8. The molecule has 0 bridgehead atoms. The average Bonchev–Trinajstić information content (AvgIpc) is 3.27. The van der Waals surface area contributed by atoms with Gasteiger partial charge in [0, 0.05) is 18.7 Å². The lowest BCUT2D eigenvalue weighted by molar-refractivity contribution is 0.0928. The van der Waals surface area contributed by atoms with Crippen LogP contribution in [-0.4, -0.2) is 30.8 Å². The predicted molar refractivity (Wildman–Crippen MR) is 82.5 cm³/mol. The highest BCUT2D eigenvalue weighted by Crippen LogP contribution is 2.29. The van der Waals surface area contributed by atoms with E-state index in [1.807, 2.05) is 26.0 Å². The molecule has 0 heterocycles. The molecule has 2 N–H and O–H groups in total. The van der Waals surface area contributed by atoms with E-state index in [1.54, 1.807) is 12.1 Å². The van der Waals surface area contributed by atoms with Crippen molar-refractivity contribution in [1.29, 1.82) is 0 Å². The van der Waals surface area contributed by atoms with Crippen LogP contribution in [0.1, 0.15) is 43.5 Å². The minimum absolute atomic E-state index is 0.0882. The number of hydrogen-bond acceptors (Lipinski definition) is 3. The van der Waals surface area contributed by atoms with Crippen molar-refractivity contribution in [2.45, 2.75) is 33.1 Å². The van der Waals surface area contributed by atoms with Gasteiger partial charge in [-0.05, 0) is 54.9 Å². The van der Waals surface area contributed by atoms with Crippen LogP contribution in [-0.2, 0) is 0 Å². The molecule has 0 saturated heterocycles. The number of ether oxygens (including phenoxy) is 1. The molecule has 2 rings (SSSR count). The number of hydrogen-bond donors (Lipinski definition) is 2. The van der Waals surface area contributed by atoms with Crippen LogP contribution in [0.3, 0.4) is 0 Å². The Kier molecular flexibility index (Phi) is 5.23. The molecular formula is C17H25NO3. The molecule has 1 fully saturated rings. The van der Waals surface area contributed by atoms with E-state index in [9.17, 15) is 4.79 Å². The minimum atomic E-state index is -0.0995. The predicted octanol–water partition coefficient (Wildman–Crippen LogP) is 2.61. The Balaban J connectivity index is 1.81. The second-order valence-electron chi connectivity index (χ2n) is 6.60. The Morgan fingerprint density at radius 2 is 2.00 bits per heavy atom. The van der Waals surface area contributed by atoms with Crippen LogP contribution in [0.25, 0.3) is 0 Å². The molecule has 1 saturated carbocycles.